The molecular formula is C43H69Cl3MgO14S3Se. The van der Waals surface area contributed by atoms with Gasteiger partial charge in [-0.25, -0.2) is 12.6 Å². The van der Waals surface area contributed by atoms with E-state index in [4.69, 9.17) is 30.3 Å². The molecule has 8 unspecified atom stereocenters. The van der Waals surface area contributed by atoms with Crippen molar-refractivity contribution < 1.29 is 60.4 Å². The summed E-state index contributed by atoms with van der Waals surface area (Å²) in [5, 5.41) is 0. The number of carbonyl (C=O) groups is 5. The van der Waals surface area contributed by atoms with Gasteiger partial charge in [-0.2, -0.15) is 8.42 Å². The third-order valence-corrected chi connectivity index (χ3v) is 20.4. The summed E-state index contributed by atoms with van der Waals surface area (Å²) in [5.41, 5.74) is -2.09. The van der Waals surface area contributed by atoms with Gasteiger partial charge in [-0.15, -0.1) is 0 Å². The number of Topliss-reactive ketones (excluding diaryl/α,β-unsaturated/α-hetero) is 5. The second kappa shape index (κ2) is 22.6. The molecule has 0 aromatic carbocycles. The standard InChI is InChI=1S/C11H16O2.C11H18O.C10H15ClO3S.C10H16O4S.CH4.Cl2OS.Mg.O2Se.O/c1-4-11-6-5-7(10(11,2)3)8(12)9(11)13;1-4-11-6-5-8(7-9(11)12)10(11,2)3;1-9(2)7-3-4-10(9,8(12)5-7)6-15(11,13)14;1-9(2)7-3-4-10(9,8(11)5-7)6-15(12,13)14;;1-4(2)3;;1-3-2;/h7H,4-6H2,1-3H3;8H,4-7H2,1-3H3;7H,3-6H2,1-2H3;7H,3-6H2,1-2H3,(H,12,13,14);1H4;;;;. The van der Waals surface area contributed by atoms with Crippen molar-refractivity contribution in [3.8, 4) is 0 Å². The third-order valence-electron chi connectivity index (χ3n) is 18.4. The maximum atomic E-state index is 11.9. The SMILES string of the molecule is C.CC1(C)C2CCC1(CS(=O)(=O)Cl)C(=O)C2.CC1(C)C2CCC1(CS(=O)(=O)O)C(=O)C2.CCC12CCC(C(=O)C1=O)C2(C)C.CCC12CCC(CC1=O)C2(C)C.O=S(Cl)Cl.O=[Se]=O.[O]=[Mg]. The number of halogens is 3. The van der Waals surface area contributed by atoms with Crippen molar-refractivity contribution in [2.45, 2.75) is 160 Å². The van der Waals surface area contributed by atoms with Gasteiger partial charge in [-0.1, -0.05) is 76.7 Å². The number of ketones is 5. The van der Waals surface area contributed by atoms with Crippen LogP contribution >= 0.6 is 32.0 Å². The molecule has 0 aliphatic heterocycles. The minimum absolute atomic E-state index is 0. The van der Waals surface area contributed by atoms with Crippen molar-refractivity contribution in [1.82, 2.24) is 0 Å². The van der Waals surface area contributed by atoms with Crippen molar-refractivity contribution in [1.29, 1.82) is 0 Å². The fourth-order valence-electron chi connectivity index (χ4n) is 13.9. The molecule has 8 aliphatic rings. The summed E-state index contributed by atoms with van der Waals surface area (Å²) < 4.78 is 87.6. The first-order valence-electron chi connectivity index (χ1n) is 21.6. The molecule has 0 heterocycles. The summed E-state index contributed by atoms with van der Waals surface area (Å²) in [6, 6.07) is 0. The molecule has 1 N–H and O–H groups in total. The van der Waals surface area contributed by atoms with Crippen molar-refractivity contribution in [3.63, 3.8) is 0 Å². The summed E-state index contributed by atoms with van der Waals surface area (Å²) >= 11 is -1.01. The van der Waals surface area contributed by atoms with Crippen LogP contribution in [0.25, 0.3) is 0 Å². The van der Waals surface area contributed by atoms with Gasteiger partial charge in [-0.05, 0) is 104 Å². The molecule has 8 bridgehead atoms. The molecule has 8 aliphatic carbocycles. The zero-order chi connectivity index (χ0) is 50.1. The van der Waals surface area contributed by atoms with Gasteiger partial charge in [0.1, 0.15) is 17.3 Å². The topological polar surface area (TPSA) is 242 Å². The summed E-state index contributed by atoms with van der Waals surface area (Å²) in [4.78, 5) is 59.0. The van der Waals surface area contributed by atoms with Gasteiger partial charge in [0, 0.05) is 73.5 Å². The Morgan fingerprint density at radius 1 is 0.615 bits per heavy atom. The van der Waals surface area contributed by atoms with Crippen molar-refractivity contribution in [3.05, 3.63) is 0 Å². The zero-order valence-electron chi connectivity index (χ0n) is 38.6. The third kappa shape index (κ3) is 11.5. The van der Waals surface area contributed by atoms with E-state index in [0.717, 1.165) is 51.4 Å². The van der Waals surface area contributed by atoms with Crippen LogP contribution in [0.4, 0.5) is 0 Å². The van der Waals surface area contributed by atoms with Gasteiger partial charge in [-0.3, -0.25) is 28.5 Å². The monoisotopic (exact) mass is 1110 g/mol. The van der Waals surface area contributed by atoms with Crippen LogP contribution in [0.5, 0.6) is 0 Å². The fraction of sp³-hybridized carbons (Fsp3) is 0.884. The van der Waals surface area contributed by atoms with E-state index in [2.05, 4.69) is 56.0 Å². The Morgan fingerprint density at radius 2 is 0.908 bits per heavy atom. The number of hydrogen-bond donors (Lipinski definition) is 1. The summed E-state index contributed by atoms with van der Waals surface area (Å²) in [6.45, 7) is 20.8. The molecule has 0 amide bonds. The van der Waals surface area contributed by atoms with Crippen molar-refractivity contribution in [2.24, 2.45) is 67.0 Å². The molecular weight excluding hydrogens is 1050 g/mol. The Kier molecular flexibility index (Phi) is 21.8. The van der Waals surface area contributed by atoms with E-state index in [1.807, 2.05) is 34.6 Å². The summed E-state index contributed by atoms with van der Waals surface area (Å²) in [6.07, 6.45) is 11.1. The van der Waals surface area contributed by atoms with E-state index in [1.54, 1.807) is 0 Å². The number of rotatable bonds is 6. The van der Waals surface area contributed by atoms with Crippen LogP contribution in [0.15, 0.2) is 0 Å². The fourth-order valence-corrected chi connectivity index (χ4v) is 17.0. The van der Waals surface area contributed by atoms with Crippen LogP contribution in [-0.4, -0.2) is 103 Å². The average molecular weight is 1120 g/mol. The Labute approximate surface area is 421 Å². The first kappa shape index (κ1) is 62.9. The molecule has 8 rings (SSSR count). The Balaban J connectivity index is 0.000000407. The number of fused-ring (bicyclic) bond motifs is 8. The molecule has 14 nitrogen and oxygen atoms in total. The first-order chi connectivity index (χ1) is 29.0. The van der Waals surface area contributed by atoms with Gasteiger partial charge < -0.3 is 0 Å². The molecule has 8 atom stereocenters. The van der Waals surface area contributed by atoms with Gasteiger partial charge >= 0.3 is 47.4 Å². The summed E-state index contributed by atoms with van der Waals surface area (Å²) in [7, 11) is 4.99. The Bertz CT molecular complexity index is 2040. The van der Waals surface area contributed by atoms with Crippen LogP contribution in [0, 0.1) is 67.0 Å². The molecule has 22 heteroatoms. The van der Waals surface area contributed by atoms with Crippen molar-refractivity contribution in [2.75, 3.05) is 11.5 Å². The number of hydrogen-bond acceptors (Lipinski definition) is 13. The van der Waals surface area contributed by atoms with Crippen LogP contribution in [-0.2, 0) is 63.2 Å². The van der Waals surface area contributed by atoms with E-state index in [0.29, 0.717) is 70.4 Å². The number of carbonyl (C=O) groups excluding carboxylic acids is 5. The van der Waals surface area contributed by atoms with Crippen LogP contribution in [0.2, 0.25) is 0 Å². The van der Waals surface area contributed by atoms with Crippen LogP contribution < -0.4 is 0 Å². The predicted octanol–water partition coefficient (Wildman–Crippen LogP) is 8.54. The quantitative estimate of drug-likeness (QED) is 0.113. The van der Waals surface area contributed by atoms with Gasteiger partial charge in [0.05, 0.1) is 16.9 Å². The maximum absolute atomic E-state index is 11.9. The van der Waals surface area contributed by atoms with E-state index in [9.17, 15) is 40.8 Å². The Morgan fingerprint density at radius 3 is 1.09 bits per heavy atom. The Hall–Kier alpha value is -0.0843. The second-order valence-electron chi connectivity index (χ2n) is 21.0. The first-order valence-corrected chi connectivity index (χ1v) is 30.4. The normalized spacial score (nSPS) is 35.1. The van der Waals surface area contributed by atoms with E-state index in [1.165, 1.54) is 6.42 Å². The zero-order valence-corrected chi connectivity index (χ0v) is 46.5. The van der Waals surface area contributed by atoms with Gasteiger partial charge in [0.2, 0.25) is 29.8 Å². The van der Waals surface area contributed by atoms with Gasteiger partial charge in [0.25, 0.3) is 10.1 Å². The average Bonchev–Trinajstić information content (AvgIpc) is 3.92. The minimum atomic E-state index is -4.08. The second-order valence-corrected chi connectivity index (χ2v) is 28.0. The van der Waals surface area contributed by atoms with Gasteiger partial charge in [0.15, 0.2) is 0 Å². The molecule has 8 saturated carbocycles. The van der Waals surface area contributed by atoms with E-state index < -0.39 is 59.8 Å². The molecule has 0 aromatic rings. The van der Waals surface area contributed by atoms with Crippen LogP contribution in [0.1, 0.15) is 160 Å². The predicted molar refractivity (Wildman–Crippen MR) is 251 cm³/mol. The molecule has 0 radical (unpaired) electrons. The molecule has 8 fully saturated rings. The molecule has 0 spiro atoms. The van der Waals surface area contributed by atoms with E-state index in [-0.39, 0.29) is 75.2 Å². The van der Waals surface area contributed by atoms with Crippen molar-refractivity contribution >= 4 is 126 Å². The van der Waals surface area contributed by atoms with E-state index >= 15 is 0 Å². The molecule has 372 valence electrons. The molecule has 0 aromatic heterocycles. The summed E-state index contributed by atoms with van der Waals surface area (Å²) in [5.74, 6) is 1.20. The molecule has 65 heavy (non-hydrogen) atoms. The van der Waals surface area contributed by atoms with Crippen LogP contribution in [0.3, 0.4) is 0 Å². The molecule has 0 saturated heterocycles.